The van der Waals surface area contributed by atoms with Crippen molar-refractivity contribution < 1.29 is 9.84 Å². The predicted molar refractivity (Wildman–Crippen MR) is 79.7 cm³/mol. The minimum absolute atomic E-state index is 0.222. The molecule has 0 spiro atoms. The summed E-state index contributed by atoms with van der Waals surface area (Å²) in [5.41, 5.74) is 1.13. The van der Waals surface area contributed by atoms with Crippen LogP contribution < -0.4 is 4.74 Å². The van der Waals surface area contributed by atoms with Gasteiger partial charge in [0.15, 0.2) is 11.5 Å². The Labute approximate surface area is 117 Å². The SMILES string of the molecule is CCCCN(Cc1ccc(OC)c(O)c1)C(C)CC. The van der Waals surface area contributed by atoms with Gasteiger partial charge in [-0.15, -0.1) is 0 Å². The monoisotopic (exact) mass is 265 g/mol. The number of hydrogen-bond acceptors (Lipinski definition) is 3. The van der Waals surface area contributed by atoms with Crippen LogP contribution in [0.5, 0.6) is 11.5 Å². The second-order valence-electron chi connectivity index (χ2n) is 5.09. The average molecular weight is 265 g/mol. The van der Waals surface area contributed by atoms with Crippen LogP contribution in [-0.4, -0.2) is 29.7 Å². The smallest absolute Gasteiger partial charge is 0.160 e. The zero-order chi connectivity index (χ0) is 14.3. The van der Waals surface area contributed by atoms with Crippen LogP contribution in [0.2, 0.25) is 0 Å². The Balaban J connectivity index is 2.74. The van der Waals surface area contributed by atoms with Crippen molar-refractivity contribution in [3.63, 3.8) is 0 Å². The summed E-state index contributed by atoms with van der Waals surface area (Å²) >= 11 is 0. The Hall–Kier alpha value is -1.22. The lowest BCUT2D eigenvalue weighted by atomic mass is 10.1. The van der Waals surface area contributed by atoms with Crippen LogP contribution in [0.4, 0.5) is 0 Å². The van der Waals surface area contributed by atoms with E-state index in [1.54, 1.807) is 13.2 Å². The number of hydrogen-bond donors (Lipinski definition) is 1. The van der Waals surface area contributed by atoms with Crippen molar-refractivity contribution in [3.05, 3.63) is 23.8 Å². The summed E-state index contributed by atoms with van der Waals surface area (Å²) in [5, 5.41) is 9.83. The highest BCUT2D eigenvalue weighted by molar-refractivity contribution is 5.41. The minimum Gasteiger partial charge on any atom is -0.504 e. The highest BCUT2D eigenvalue weighted by atomic mass is 16.5. The number of rotatable bonds is 8. The van der Waals surface area contributed by atoms with Gasteiger partial charge in [0.25, 0.3) is 0 Å². The van der Waals surface area contributed by atoms with Crippen LogP contribution in [0, 0.1) is 0 Å². The molecule has 0 aromatic heterocycles. The molecule has 3 nitrogen and oxygen atoms in total. The first-order valence-electron chi connectivity index (χ1n) is 7.22. The average Bonchev–Trinajstić information content (AvgIpc) is 2.42. The largest absolute Gasteiger partial charge is 0.504 e. The molecule has 0 heterocycles. The van der Waals surface area contributed by atoms with Crippen molar-refractivity contribution >= 4 is 0 Å². The van der Waals surface area contributed by atoms with Crippen LogP contribution in [0.3, 0.4) is 0 Å². The highest BCUT2D eigenvalue weighted by Crippen LogP contribution is 2.27. The topological polar surface area (TPSA) is 32.7 Å². The first-order chi connectivity index (χ1) is 9.12. The van der Waals surface area contributed by atoms with Crippen molar-refractivity contribution in [2.24, 2.45) is 0 Å². The van der Waals surface area contributed by atoms with Gasteiger partial charge in [0.1, 0.15) is 0 Å². The number of phenols is 1. The fraction of sp³-hybridized carbons (Fsp3) is 0.625. The van der Waals surface area contributed by atoms with Gasteiger partial charge in [0.05, 0.1) is 7.11 Å². The second kappa shape index (κ2) is 8.05. The van der Waals surface area contributed by atoms with Crippen molar-refractivity contribution in [2.75, 3.05) is 13.7 Å². The Kier molecular flexibility index (Phi) is 6.71. The molecule has 0 bridgehead atoms. The van der Waals surface area contributed by atoms with E-state index in [4.69, 9.17) is 4.74 Å². The standard InChI is InChI=1S/C16H27NO2/c1-5-7-10-17(13(3)6-2)12-14-8-9-16(19-4)15(18)11-14/h8-9,11,13,18H,5-7,10,12H2,1-4H3. The van der Waals surface area contributed by atoms with Gasteiger partial charge in [-0.3, -0.25) is 4.90 Å². The Bertz CT molecular complexity index is 379. The van der Waals surface area contributed by atoms with Gasteiger partial charge in [-0.2, -0.15) is 0 Å². The summed E-state index contributed by atoms with van der Waals surface area (Å²) in [4.78, 5) is 2.48. The highest BCUT2D eigenvalue weighted by Gasteiger charge is 2.13. The van der Waals surface area contributed by atoms with Gasteiger partial charge in [0, 0.05) is 12.6 Å². The Morgan fingerprint density at radius 1 is 1.32 bits per heavy atom. The number of aromatic hydroxyl groups is 1. The Morgan fingerprint density at radius 2 is 2.05 bits per heavy atom. The van der Waals surface area contributed by atoms with E-state index in [0.717, 1.165) is 25.1 Å². The van der Waals surface area contributed by atoms with E-state index in [-0.39, 0.29) is 5.75 Å². The molecule has 0 saturated carbocycles. The molecule has 0 aliphatic heterocycles. The van der Waals surface area contributed by atoms with Crippen LogP contribution >= 0.6 is 0 Å². The number of methoxy groups -OCH3 is 1. The lowest BCUT2D eigenvalue weighted by Crippen LogP contribution is -2.33. The third kappa shape index (κ3) is 4.75. The quantitative estimate of drug-likeness (QED) is 0.776. The number of nitrogens with zero attached hydrogens (tertiary/aromatic N) is 1. The van der Waals surface area contributed by atoms with E-state index < -0.39 is 0 Å². The zero-order valence-corrected chi connectivity index (χ0v) is 12.6. The molecule has 1 aromatic rings. The van der Waals surface area contributed by atoms with Gasteiger partial charge >= 0.3 is 0 Å². The first-order valence-corrected chi connectivity index (χ1v) is 7.22. The molecule has 108 valence electrons. The lowest BCUT2D eigenvalue weighted by molar-refractivity contribution is 0.192. The second-order valence-corrected chi connectivity index (χ2v) is 5.09. The van der Waals surface area contributed by atoms with Gasteiger partial charge in [-0.25, -0.2) is 0 Å². The summed E-state index contributed by atoms with van der Waals surface area (Å²) in [7, 11) is 1.57. The van der Waals surface area contributed by atoms with Crippen LogP contribution in [0.25, 0.3) is 0 Å². The van der Waals surface area contributed by atoms with Crippen molar-refractivity contribution in [1.82, 2.24) is 4.90 Å². The number of unbranched alkanes of at least 4 members (excludes halogenated alkanes) is 1. The maximum Gasteiger partial charge on any atom is 0.160 e. The molecular formula is C16H27NO2. The van der Waals surface area contributed by atoms with Crippen LogP contribution in [0.15, 0.2) is 18.2 Å². The molecule has 1 aromatic carbocycles. The van der Waals surface area contributed by atoms with Crippen molar-refractivity contribution in [1.29, 1.82) is 0 Å². The molecular weight excluding hydrogens is 238 g/mol. The van der Waals surface area contributed by atoms with Gasteiger partial charge in [-0.05, 0) is 44.0 Å². The molecule has 1 unspecified atom stereocenters. The maximum atomic E-state index is 9.83. The van der Waals surface area contributed by atoms with E-state index >= 15 is 0 Å². The summed E-state index contributed by atoms with van der Waals surface area (Å²) < 4.78 is 5.07. The van der Waals surface area contributed by atoms with E-state index in [9.17, 15) is 5.11 Å². The molecule has 3 heteroatoms. The van der Waals surface area contributed by atoms with E-state index in [1.807, 2.05) is 12.1 Å². The molecule has 0 radical (unpaired) electrons. The van der Waals surface area contributed by atoms with Crippen LogP contribution in [-0.2, 0) is 6.54 Å². The third-order valence-electron chi connectivity index (χ3n) is 3.64. The summed E-state index contributed by atoms with van der Waals surface area (Å²) in [5.74, 6) is 0.756. The molecule has 1 N–H and O–H groups in total. The molecule has 0 amide bonds. The molecule has 0 aliphatic rings. The molecule has 19 heavy (non-hydrogen) atoms. The summed E-state index contributed by atoms with van der Waals surface area (Å²) in [6.45, 7) is 8.69. The summed E-state index contributed by atoms with van der Waals surface area (Å²) in [6.07, 6.45) is 3.57. The third-order valence-corrected chi connectivity index (χ3v) is 3.64. The zero-order valence-electron chi connectivity index (χ0n) is 12.6. The molecule has 0 fully saturated rings. The first kappa shape index (κ1) is 15.8. The Morgan fingerprint density at radius 3 is 2.58 bits per heavy atom. The van der Waals surface area contributed by atoms with Crippen molar-refractivity contribution in [2.45, 2.75) is 52.6 Å². The molecule has 1 atom stereocenters. The fourth-order valence-electron chi connectivity index (χ4n) is 2.14. The number of benzene rings is 1. The molecule has 0 aliphatic carbocycles. The van der Waals surface area contributed by atoms with Gasteiger partial charge in [0.2, 0.25) is 0 Å². The van der Waals surface area contributed by atoms with Gasteiger partial charge < -0.3 is 9.84 Å². The lowest BCUT2D eigenvalue weighted by Gasteiger charge is -2.28. The number of ether oxygens (including phenoxy) is 1. The van der Waals surface area contributed by atoms with Crippen LogP contribution in [0.1, 0.15) is 45.6 Å². The normalized spacial score (nSPS) is 12.7. The van der Waals surface area contributed by atoms with E-state index in [1.165, 1.54) is 12.8 Å². The molecule has 1 rings (SSSR count). The van der Waals surface area contributed by atoms with E-state index in [2.05, 4.69) is 25.7 Å². The fourth-order valence-corrected chi connectivity index (χ4v) is 2.14. The van der Waals surface area contributed by atoms with Crippen molar-refractivity contribution in [3.8, 4) is 11.5 Å². The molecule has 0 saturated heterocycles. The summed E-state index contributed by atoms with van der Waals surface area (Å²) in [6, 6.07) is 6.23. The number of phenolic OH excluding ortho intramolecular Hbond substituents is 1. The minimum atomic E-state index is 0.222. The van der Waals surface area contributed by atoms with Gasteiger partial charge in [-0.1, -0.05) is 26.3 Å². The van der Waals surface area contributed by atoms with E-state index in [0.29, 0.717) is 11.8 Å². The maximum absolute atomic E-state index is 9.83. The predicted octanol–water partition coefficient (Wildman–Crippen LogP) is 3.80.